The van der Waals surface area contributed by atoms with Crippen LogP contribution in [0.5, 0.6) is 0 Å². The van der Waals surface area contributed by atoms with Crippen LogP contribution in [0.2, 0.25) is 0 Å². The fourth-order valence-corrected chi connectivity index (χ4v) is 2.25. The van der Waals surface area contributed by atoms with E-state index in [0.717, 1.165) is 0 Å². The standard InChI is InChI=1S/C12H23N3O3/c1-8(2)9(10(13)14-17)11(16)15-5-6-18-7-12(15,3)4/h8-9,17H,5-7H2,1-4H3,(H2,13,14). The molecule has 1 unspecified atom stereocenters. The van der Waals surface area contributed by atoms with E-state index in [1.165, 1.54) is 0 Å². The third kappa shape index (κ3) is 2.93. The minimum atomic E-state index is -0.590. The molecule has 18 heavy (non-hydrogen) atoms. The van der Waals surface area contributed by atoms with E-state index in [-0.39, 0.29) is 23.2 Å². The molecule has 0 aromatic heterocycles. The van der Waals surface area contributed by atoms with Crippen LogP contribution in [-0.2, 0) is 9.53 Å². The smallest absolute Gasteiger partial charge is 0.234 e. The van der Waals surface area contributed by atoms with E-state index in [4.69, 9.17) is 15.7 Å². The molecule has 0 aromatic rings. The van der Waals surface area contributed by atoms with Crippen molar-refractivity contribution in [1.82, 2.24) is 4.90 Å². The van der Waals surface area contributed by atoms with E-state index in [9.17, 15) is 4.79 Å². The molecule has 6 heteroatoms. The SMILES string of the molecule is CC(C)C(C(=O)N1CCOCC1(C)C)C(N)=NO. The van der Waals surface area contributed by atoms with Gasteiger partial charge in [0.15, 0.2) is 5.84 Å². The molecule has 1 rings (SSSR count). The number of amidine groups is 1. The van der Waals surface area contributed by atoms with Crippen LogP contribution >= 0.6 is 0 Å². The average molecular weight is 257 g/mol. The van der Waals surface area contributed by atoms with Gasteiger partial charge in [0.1, 0.15) is 5.92 Å². The normalized spacial score (nSPS) is 22.1. The van der Waals surface area contributed by atoms with Crippen LogP contribution < -0.4 is 5.73 Å². The Balaban J connectivity index is 2.95. The van der Waals surface area contributed by atoms with Crippen molar-refractivity contribution < 1.29 is 14.7 Å². The van der Waals surface area contributed by atoms with Gasteiger partial charge in [0.2, 0.25) is 5.91 Å². The third-order valence-electron chi connectivity index (χ3n) is 3.28. The lowest BCUT2D eigenvalue weighted by atomic mass is 9.90. The molecule has 1 heterocycles. The first-order valence-corrected chi connectivity index (χ1v) is 6.18. The average Bonchev–Trinajstić information content (AvgIpc) is 2.27. The molecule has 1 aliphatic heterocycles. The Labute approximate surface area is 108 Å². The molecule has 0 bridgehead atoms. The van der Waals surface area contributed by atoms with Crippen LogP contribution in [0.4, 0.5) is 0 Å². The van der Waals surface area contributed by atoms with Gasteiger partial charge < -0.3 is 20.6 Å². The molecule has 1 atom stereocenters. The van der Waals surface area contributed by atoms with Crippen molar-refractivity contribution in [2.75, 3.05) is 19.8 Å². The Morgan fingerprint density at radius 3 is 2.56 bits per heavy atom. The number of carbonyl (C=O) groups excluding carboxylic acids is 1. The Bertz CT molecular complexity index is 339. The zero-order valence-corrected chi connectivity index (χ0v) is 11.5. The van der Waals surface area contributed by atoms with E-state index in [1.54, 1.807) is 4.90 Å². The van der Waals surface area contributed by atoms with Crippen LogP contribution in [0.25, 0.3) is 0 Å². The monoisotopic (exact) mass is 257 g/mol. The van der Waals surface area contributed by atoms with Gasteiger partial charge in [-0.3, -0.25) is 4.79 Å². The quantitative estimate of drug-likeness (QED) is 0.336. The summed E-state index contributed by atoms with van der Waals surface area (Å²) in [7, 11) is 0. The first-order chi connectivity index (χ1) is 8.31. The van der Waals surface area contributed by atoms with Crippen LogP contribution in [0.15, 0.2) is 5.16 Å². The molecule has 0 radical (unpaired) electrons. The third-order valence-corrected chi connectivity index (χ3v) is 3.28. The van der Waals surface area contributed by atoms with Crippen molar-refractivity contribution in [2.24, 2.45) is 22.7 Å². The van der Waals surface area contributed by atoms with Crippen LogP contribution in [0, 0.1) is 11.8 Å². The number of morpholine rings is 1. The summed E-state index contributed by atoms with van der Waals surface area (Å²) in [5.41, 5.74) is 5.27. The molecule has 6 nitrogen and oxygen atoms in total. The second kappa shape index (κ2) is 5.56. The fourth-order valence-electron chi connectivity index (χ4n) is 2.25. The molecule has 1 saturated heterocycles. The highest BCUT2D eigenvalue weighted by molar-refractivity contribution is 6.02. The Hall–Kier alpha value is -1.30. The summed E-state index contributed by atoms with van der Waals surface area (Å²) < 4.78 is 5.39. The second-order valence-corrected chi connectivity index (χ2v) is 5.60. The highest BCUT2D eigenvalue weighted by atomic mass is 16.5. The maximum Gasteiger partial charge on any atom is 0.234 e. The summed E-state index contributed by atoms with van der Waals surface area (Å²) in [4.78, 5) is 14.3. The van der Waals surface area contributed by atoms with Gasteiger partial charge >= 0.3 is 0 Å². The summed E-state index contributed by atoms with van der Waals surface area (Å²) in [6, 6.07) is 0. The van der Waals surface area contributed by atoms with Crippen molar-refractivity contribution in [3.8, 4) is 0 Å². The number of amides is 1. The molecule has 1 aliphatic rings. The van der Waals surface area contributed by atoms with Gasteiger partial charge in [-0.2, -0.15) is 0 Å². The van der Waals surface area contributed by atoms with Gasteiger partial charge in [-0.05, 0) is 19.8 Å². The number of nitrogens with zero attached hydrogens (tertiary/aromatic N) is 2. The maximum atomic E-state index is 12.6. The molecule has 3 N–H and O–H groups in total. The maximum absolute atomic E-state index is 12.6. The molecular formula is C12H23N3O3. The van der Waals surface area contributed by atoms with Gasteiger partial charge in [0.25, 0.3) is 0 Å². The summed E-state index contributed by atoms with van der Waals surface area (Å²) >= 11 is 0. The van der Waals surface area contributed by atoms with Gasteiger partial charge in [-0.25, -0.2) is 0 Å². The second-order valence-electron chi connectivity index (χ2n) is 5.60. The van der Waals surface area contributed by atoms with Crippen LogP contribution in [0.3, 0.4) is 0 Å². The zero-order valence-electron chi connectivity index (χ0n) is 11.5. The predicted molar refractivity (Wildman–Crippen MR) is 68.3 cm³/mol. The fraction of sp³-hybridized carbons (Fsp3) is 0.833. The summed E-state index contributed by atoms with van der Waals surface area (Å²) in [5, 5.41) is 11.8. The van der Waals surface area contributed by atoms with Gasteiger partial charge in [-0.15, -0.1) is 0 Å². The van der Waals surface area contributed by atoms with Crippen molar-refractivity contribution in [3.05, 3.63) is 0 Å². The topological polar surface area (TPSA) is 88.2 Å². The van der Waals surface area contributed by atoms with E-state index in [0.29, 0.717) is 19.8 Å². The number of ether oxygens (including phenoxy) is 1. The Kier molecular flexibility index (Phi) is 4.56. The summed E-state index contributed by atoms with van der Waals surface area (Å²) in [6.07, 6.45) is 0. The van der Waals surface area contributed by atoms with E-state index in [2.05, 4.69) is 5.16 Å². The van der Waals surface area contributed by atoms with E-state index in [1.807, 2.05) is 27.7 Å². The highest BCUT2D eigenvalue weighted by Crippen LogP contribution is 2.24. The van der Waals surface area contributed by atoms with Crippen LogP contribution in [-0.4, -0.2) is 47.1 Å². The van der Waals surface area contributed by atoms with Crippen molar-refractivity contribution >= 4 is 11.7 Å². The first kappa shape index (κ1) is 14.8. The summed E-state index contributed by atoms with van der Waals surface area (Å²) in [5.74, 6) is -0.745. The number of nitrogens with two attached hydrogens (primary N) is 1. The number of hydrogen-bond donors (Lipinski definition) is 2. The van der Waals surface area contributed by atoms with E-state index >= 15 is 0 Å². The predicted octanol–water partition coefficient (Wildman–Crippen LogP) is 0.642. The molecule has 104 valence electrons. The highest BCUT2D eigenvalue weighted by Gasteiger charge is 2.39. The van der Waals surface area contributed by atoms with Crippen molar-refractivity contribution in [2.45, 2.75) is 33.2 Å². The number of hydrogen-bond acceptors (Lipinski definition) is 4. The van der Waals surface area contributed by atoms with Gasteiger partial charge in [0.05, 0.1) is 18.8 Å². The lowest BCUT2D eigenvalue weighted by Gasteiger charge is -2.43. The largest absolute Gasteiger partial charge is 0.409 e. The zero-order chi connectivity index (χ0) is 13.9. The summed E-state index contributed by atoms with van der Waals surface area (Å²) in [6.45, 7) is 9.23. The Morgan fingerprint density at radius 2 is 2.11 bits per heavy atom. The molecule has 0 saturated carbocycles. The first-order valence-electron chi connectivity index (χ1n) is 6.18. The minimum Gasteiger partial charge on any atom is -0.409 e. The molecular weight excluding hydrogens is 234 g/mol. The van der Waals surface area contributed by atoms with Gasteiger partial charge in [0, 0.05) is 6.54 Å². The molecule has 0 aliphatic carbocycles. The number of oxime groups is 1. The lowest BCUT2D eigenvalue weighted by molar-refractivity contribution is -0.149. The molecule has 0 spiro atoms. The molecule has 0 aromatic carbocycles. The Morgan fingerprint density at radius 1 is 1.50 bits per heavy atom. The number of rotatable bonds is 3. The van der Waals surface area contributed by atoms with E-state index < -0.39 is 5.92 Å². The lowest BCUT2D eigenvalue weighted by Crippen LogP contribution is -2.58. The molecule has 1 fully saturated rings. The number of carbonyl (C=O) groups is 1. The minimum absolute atomic E-state index is 0.0213. The van der Waals surface area contributed by atoms with Gasteiger partial charge in [-0.1, -0.05) is 19.0 Å². The van der Waals surface area contributed by atoms with Crippen molar-refractivity contribution in [3.63, 3.8) is 0 Å². The van der Waals surface area contributed by atoms with Crippen molar-refractivity contribution in [1.29, 1.82) is 0 Å². The van der Waals surface area contributed by atoms with Crippen LogP contribution in [0.1, 0.15) is 27.7 Å². The molecule has 1 amide bonds.